The van der Waals surface area contributed by atoms with Crippen molar-refractivity contribution >= 4 is 38.9 Å². The van der Waals surface area contributed by atoms with Crippen LogP contribution in [0, 0.1) is 29.6 Å². The number of rotatable bonds is 6. The van der Waals surface area contributed by atoms with Gasteiger partial charge in [-0.15, -0.1) is 0 Å². The molecule has 6 bridgehead atoms. The molecule has 3 unspecified atom stereocenters. The van der Waals surface area contributed by atoms with Crippen LogP contribution in [0.15, 0.2) is 121 Å². The van der Waals surface area contributed by atoms with E-state index in [0.29, 0.717) is 5.41 Å². The second-order valence-electron chi connectivity index (χ2n) is 16.8. The van der Waals surface area contributed by atoms with Gasteiger partial charge in [-0.25, -0.2) is 0 Å². The van der Waals surface area contributed by atoms with E-state index in [4.69, 9.17) is 0 Å². The molecule has 1 heterocycles. The molecule has 0 saturated heterocycles. The van der Waals surface area contributed by atoms with Crippen LogP contribution >= 0.6 is 0 Å². The Labute approximate surface area is 290 Å². The summed E-state index contributed by atoms with van der Waals surface area (Å²) in [6, 6.07) is 46.5. The van der Waals surface area contributed by atoms with Crippen molar-refractivity contribution in [3.63, 3.8) is 0 Å². The molecule has 2 heteroatoms. The molecule has 6 fully saturated rings. The normalized spacial score (nSPS) is 29.7. The maximum absolute atomic E-state index is 2.51. The van der Waals surface area contributed by atoms with Crippen molar-refractivity contribution in [1.82, 2.24) is 4.57 Å². The first kappa shape index (κ1) is 28.5. The van der Waals surface area contributed by atoms with Crippen molar-refractivity contribution in [1.29, 1.82) is 0 Å². The Morgan fingerprint density at radius 1 is 0.510 bits per heavy atom. The first-order valence-electron chi connectivity index (χ1n) is 19.3. The summed E-state index contributed by atoms with van der Waals surface area (Å²) in [6.07, 6.45) is 14.4. The second-order valence-corrected chi connectivity index (χ2v) is 16.8. The molecule has 1 aromatic heterocycles. The van der Waals surface area contributed by atoms with Gasteiger partial charge in [-0.3, -0.25) is 0 Å². The average molecular weight is 639 g/mol. The smallest absolute Gasteiger partial charge is 0.0561 e. The van der Waals surface area contributed by atoms with E-state index in [1.807, 2.05) is 0 Å². The third-order valence-electron chi connectivity index (χ3n) is 14.0. The molecule has 12 rings (SSSR count). The molecular weight excluding hydrogens is 593 g/mol. The van der Waals surface area contributed by atoms with Crippen molar-refractivity contribution in [2.45, 2.75) is 75.5 Å². The first-order valence-corrected chi connectivity index (χ1v) is 19.3. The van der Waals surface area contributed by atoms with Gasteiger partial charge in [-0.1, -0.05) is 73.2 Å². The van der Waals surface area contributed by atoms with Gasteiger partial charge >= 0.3 is 0 Å². The zero-order chi connectivity index (χ0) is 32.1. The van der Waals surface area contributed by atoms with Crippen LogP contribution < -0.4 is 4.90 Å². The minimum absolute atomic E-state index is 0.413. The van der Waals surface area contributed by atoms with Gasteiger partial charge in [0.25, 0.3) is 0 Å². The fraction of sp³-hybridized carbons (Fsp3) is 0.362. The van der Waals surface area contributed by atoms with E-state index in [1.54, 1.807) is 11.1 Å². The average Bonchev–Trinajstić information content (AvgIpc) is 3.86. The summed E-state index contributed by atoms with van der Waals surface area (Å²) in [5.74, 6) is 5.48. The molecule has 2 nitrogen and oxygen atoms in total. The Morgan fingerprint density at radius 2 is 1.14 bits per heavy atom. The topological polar surface area (TPSA) is 8.17 Å². The van der Waals surface area contributed by atoms with E-state index < -0.39 is 0 Å². The van der Waals surface area contributed by atoms with E-state index in [9.17, 15) is 0 Å². The van der Waals surface area contributed by atoms with Crippen molar-refractivity contribution < 1.29 is 0 Å². The van der Waals surface area contributed by atoms with Crippen LogP contribution in [0.1, 0.15) is 81.3 Å². The molecule has 49 heavy (non-hydrogen) atoms. The second kappa shape index (κ2) is 10.8. The summed E-state index contributed by atoms with van der Waals surface area (Å²) >= 11 is 0. The zero-order valence-corrected chi connectivity index (χ0v) is 28.5. The Balaban J connectivity index is 1.03. The van der Waals surface area contributed by atoms with E-state index in [0.717, 1.165) is 35.5 Å². The molecule has 6 saturated carbocycles. The third kappa shape index (κ3) is 4.52. The van der Waals surface area contributed by atoms with Crippen LogP contribution in [0.25, 0.3) is 27.5 Å². The van der Waals surface area contributed by atoms with Gasteiger partial charge in [0.1, 0.15) is 0 Å². The highest BCUT2D eigenvalue weighted by molar-refractivity contribution is 6.10. The highest BCUT2D eigenvalue weighted by atomic mass is 15.1. The predicted octanol–water partition coefficient (Wildman–Crippen LogP) is 12.6. The molecule has 6 aliphatic rings. The Morgan fingerprint density at radius 3 is 1.82 bits per heavy atom. The van der Waals surface area contributed by atoms with Crippen LogP contribution in [0.5, 0.6) is 0 Å². The molecule has 5 aromatic carbocycles. The van der Waals surface area contributed by atoms with E-state index >= 15 is 0 Å². The van der Waals surface area contributed by atoms with E-state index in [2.05, 4.69) is 131 Å². The number of para-hydroxylation sites is 2. The molecule has 0 spiro atoms. The molecular formula is C47H46N2. The number of hydrogen-bond acceptors (Lipinski definition) is 1. The maximum atomic E-state index is 2.51. The van der Waals surface area contributed by atoms with Crippen molar-refractivity contribution in [2.75, 3.05) is 4.90 Å². The summed E-state index contributed by atoms with van der Waals surface area (Å²) in [4.78, 5) is 2.51. The summed E-state index contributed by atoms with van der Waals surface area (Å²) in [5.41, 5.74) is 11.0. The first-order chi connectivity index (χ1) is 24.2. The van der Waals surface area contributed by atoms with Gasteiger partial charge in [0.05, 0.1) is 11.0 Å². The van der Waals surface area contributed by atoms with Crippen LogP contribution in [-0.4, -0.2) is 4.57 Å². The standard InChI is InChI=1S/C47H46N2/c1-2-6-38(7-3-1)49-45-9-5-4-8-42(45)43-21-20-41(27-46(43)49)48(39-16-12-35(13-17-39)44-26-31-10-11-36(44)25-31)40-18-14-37(15-19-40)47-28-32-22-33(29-47)24-34(23-32)30-47/h1-9,12-21,27,31-34,36,44H,10-11,22-26,28-30H2. The molecule has 3 atom stereocenters. The van der Waals surface area contributed by atoms with Crippen molar-refractivity contribution in [2.24, 2.45) is 29.6 Å². The minimum atomic E-state index is 0.413. The fourth-order valence-electron chi connectivity index (χ4n) is 12.4. The fourth-order valence-corrected chi connectivity index (χ4v) is 12.4. The van der Waals surface area contributed by atoms with Gasteiger partial charge in [-0.2, -0.15) is 0 Å². The number of anilines is 3. The molecule has 244 valence electrons. The van der Waals surface area contributed by atoms with Crippen molar-refractivity contribution in [3.8, 4) is 5.69 Å². The summed E-state index contributed by atoms with van der Waals surface area (Å²) in [7, 11) is 0. The van der Waals surface area contributed by atoms with E-state index in [1.165, 1.54) is 109 Å². The highest BCUT2D eigenvalue weighted by Crippen LogP contribution is 2.61. The molecule has 6 aliphatic carbocycles. The predicted molar refractivity (Wildman–Crippen MR) is 204 cm³/mol. The lowest BCUT2D eigenvalue weighted by Crippen LogP contribution is -2.48. The van der Waals surface area contributed by atoms with Crippen LogP contribution in [0.2, 0.25) is 0 Å². The molecule has 0 radical (unpaired) electrons. The monoisotopic (exact) mass is 638 g/mol. The number of fused-ring (bicyclic) bond motifs is 5. The number of hydrogen-bond donors (Lipinski definition) is 0. The quantitative estimate of drug-likeness (QED) is 0.176. The lowest BCUT2D eigenvalue weighted by atomic mass is 9.48. The maximum Gasteiger partial charge on any atom is 0.0561 e. The number of nitrogens with zero attached hydrogens (tertiary/aromatic N) is 2. The SMILES string of the molecule is c1ccc(-n2c3ccccc3c3ccc(N(c4ccc(C5CC6CCC5C6)cc4)c4ccc(C56CC7CC(CC(C7)C5)C6)cc4)cc32)cc1. The summed E-state index contributed by atoms with van der Waals surface area (Å²) in [5, 5.41) is 2.60. The van der Waals surface area contributed by atoms with Gasteiger partial charge in [0, 0.05) is 33.5 Å². The molecule has 6 aromatic rings. The Bertz CT molecular complexity index is 2140. The third-order valence-corrected chi connectivity index (χ3v) is 14.0. The zero-order valence-electron chi connectivity index (χ0n) is 28.5. The van der Waals surface area contributed by atoms with Crippen molar-refractivity contribution in [3.05, 3.63) is 132 Å². The van der Waals surface area contributed by atoms with Gasteiger partial charge in [0.2, 0.25) is 0 Å². The van der Waals surface area contributed by atoms with Crippen LogP contribution in [0.3, 0.4) is 0 Å². The molecule has 0 N–H and O–H groups in total. The largest absolute Gasteiger partial charge is 0.310 e. The van der Waals surface area contributed by atoms with Gasteiger partial charge < -0.3 is 9.47 Å². The number of benzene rings is 5. The highest BCUT2D eigenvalue weighted by Gasteiger charge is 2.51. The summed E-state index contributed by atoms with van der Waals surface area (Å²) < 4.78 is 2.45. The number of aromatic nitrogens is 1. The Kier molecular flexibility index (Phi) is 6.32. The Hall–Kier alpha value is -4.30. The lowest BCUT2D eigenvalue weighted by molar-refractivity contribution is -0.00518. The summed E-state index contributed by atoms with van der Waals surface area (Å²) in [6.45, 7) is 0. The lowest BCUT2D eigenvalue weighted by Gasteiger charge is -2.57. The van der Waals surface area contributed by atoms with Gasteiger partial charge in [-0.05, 0) is 164 Å². The van der Waals surface area contributed by atoms with Crippen LogP contribution in [-0.2, 0) is 5.41 Å². The molecule has 0 aliphatic heterocycles. The minimum Gasteiger partial charge on any atom is -0.310 e. The van der Waals surface area contributed by atoms with Gasteiger partial charge in [0.15, 0.2) is 0 Å². The van der Waals surface area contributed by atoms with Crippen LogP contribution in [0.4, 0.5) is 17.1 Å². The van der Waals surface area contributed by atoms with E-state index in [-0.39, 0.29) is 0 Å². The molecule has 0 amide bonds.